The van der Waals surface area contributed by atoms with Gasteiger partial charge in [0.15, 0.2) is 11.5 Å². The molecule has 1 atom stereocenters. The van der Waals surface area contributed by atoms with Crippen LogP contribution in [0.25, 0.3) is 0 Å². The third-order valence-corrected chi connectivity index (χ3v) is 4.09. The Labute approximate surface area is 121 Å². The fourth-order valence-corrected chi connectivity index (χ4v) is 3.07. The molecular formula is C16H15FN2O2. The van der Waals surface area contributed by atoms with Gasteiger partial charge in [-0.2, -0.15) is 0 Å². The van der Waals surface area contributed by atoms with E-state index in [1.807, 2.05) is 24.3 Å². The van der Waals surface area contributed by atoms with Gasteiger partial charge < -0.3 is 20.1 Å². The molecule has 2 aromatic carbocycles. The molecule has 2 aliphatic heterocycles. The molecule has 2 heterocycles. The Morgan fingerprint density at radius 3 is 2.86 bits per heavy atom. The summed E-state index contributed by atoms with van der Waals surface area (Å²) >= 11 is 0. The van der Waals surface area contributed by atoms with E-state index in [4.69, 9.17) is 15.2 Å². The minimum Gasteiger partial charge on any atom is -0.454 e. The van der Waals surface area contributed by atoms with Crippen LogP contribution in [0.1, 0.15) is 17.2 Å². The highest BCUT2D eigenvalue weighted by molar-refractivity contribution is 5.61. The zero-order chi connectivity index (χ0) is 14.4. The summed E-state index contributed by atoms with van der Waals surface area (Å²) in [5, 5.41) is 0. The highest BCUT2D eigenvalue weighted by Gasteiger charge is 2.30. The second-order valence-corrected chi connectivity index (χ2v) is 5.26. The fraction of sp³-hybridized carbons (Fsp3) is 0.250. The Hall–Kier alpha value is -2.27. The number of ether oxygens (including phenoxy) is 2. The van der Waals surface area contributed by atoms with Crippen LogP contribution in [-0.4, -0.2) is 13.3 Å². The van der Waals surface area contributed by atoms with Crippen molar-refractivity contribution in [2.75, 3.05) is 18.2 Å². The number of fused-ring (bicyclic) bond motifs is 2. The second kappa shape index (κ2) is 4.63. The molecule has 5 heteroatoms. The molecule has 1 unspecified atom stereocenters. The molecule has 0 saturated carbocycles. The van der Waals surface area contributed by atoms with E-state index in [0.29, 0.717) is 6.54 Å². The molecule has 108 valence electrons. The quantitative estimate of drug-likeness (QED) is 0.921. The summed E-state index contributed by atoms with van der Waals surface area (Å²) < 4.78 is 24.2. The summed E-state index contributed by atoms with van der Waals surface area (Å²) in [6, 6.07) is 10.7. The summed E-state index contributed by atoms with van der Waals surface area (Å²) in [4.78, 5) is 2.17. The monoisotopic (exact) mass is 286 g/mol. The number of hydrogen-bond donors (Lipinski definition) is 1. The number of nitrogens with zero attached hydrogens (tertiary/aromatic N) is 1. The van der Waals surface area contributed by atoms with Crippen LogP contribution in [0.15, 0.2) is 36.4 Å². The summed E-state index contributed by atoms with van der Waals surface area (Å²) in [6.45, 7) is 1.41. The first-order chi connectivity index (χ1) is 10.3. The average Bonchev–Trinajstić information content (AvgIpc) is 3.09. The number of hydrogen-bond acceptors (Lipinski definition) is 4. The van der Waals surface area contributed by atoms with E-state index >= 15 is 0 Å². The lowest BCUT2D eigenvalue weighted by Gasteiger charge is -2.26. The van der Waals surface area contributed by atoms with Crippen molar-refractivity contribution in [1.82, 2.24) is 0 Å². The molecule has 4 rings (SSSR count). The highest BCUT2D eigenvalue weighted by Crippen LogP contribution is 2.41. The Bertz CT molecular complexity index is 705. The van der Waals surface area contributed by atoms with Gasteiger partial charge in [-0.15, -0.1) is 0 Å². The van der Waals surface area contributed by atoms with Crippen LogP contribution in [0.2, 0.25) is 0 Å². The standard InChI is InChI=1S/C16H15FN2O2/c17-11-2-1-10-8-19(14(7-18)13(10)5-11)12-3-4-15-16(6-12)21-9-20-15/h1-6,14H,7-9,18H2. The molecular weight excluding hydrogens is 271 g/mol. The van der Waals surface area contributed by atoms with Crippen LogP contribution in [0.5, 0.6) is 11.5 Å². The van der Waals surface area contributed by atoms with Crippen molar-refractivity contribution >= 4 is 5.69 Å². The first kappa shape index (κ1) is 12.5. The minimum atomic E-state index is -0.222. The number of rotatable bonds is 2. The van der Waals surface area contributed by atoms with Gasteiger partial charge >= 0.3 is 0 Å². The highest BCUT2D eigenvalue weighted by atomic mass is 19.1. The van der Waals surface area contributed by atoms with Gasteiger partial charge in [0.05, 0.1) is 6.04 Å². The molecule has 0 saturated heterocycles. The van der Waals surface area contributed by atoms with Crippen molar-refractivity contribution in [3.8, 4) is 11.5 Å². The second-order valence-electron chi connectivity index (χ2n) is 5.26. The van der Waals surface area contributed by atoms with Gasteiger partial charge in [-0.05, 0) is 35.4 Å². The SMILES string of the molecule is NCC1c2cc(F)ccc2CN1c1ccc2c(c1)OCO2. The Balaban J connectivity index is 1.73. The van der Waals surface area contributed by atoms with Crippen molar-refractivity contribution in [2.45, 2.75) is 12.6 Å². The zero-order valence-corrected chi connectivity index (χ0v) is 11.4. The van der Waals surface area contributed by atoms with Crippen molar-refractivity contribution in [2.24, 2.45) is 5.73 Å². The van der Waals surface area contributed by atoms with Crippen LogP contribution in [0.4, 0.5) is 10.1 Å². The molecule has 0 fully saturated rings. The van der Waals surface area contributed by atoms with E-state index in [1.54, 1.807) is 6.07 Å². The third-order valence-electron chi connectivity index (χ3n) is 4.09. The van der Waals surface area contributed by atoms with Crippen molar-refractivity contribution < 1.29 is 13.9 Å². The Morgan fingerprint density at radius 2 is 2.00 bits per heavy atom. The van der Waals surface area contributed by atoms with Crippen molar-refractivity contribution in [3.05, 3.63) is 53.3 Å². The molecule has 0 aliphatic carbocycles. The third kappa shape index (κ3) is 1.93. The van der Waals surface area contributed by atoms with Gasteiger partial charge in [-0.3, -0.25) is 0 Å². The zero-order valence-electron chi connectivity index (χ0n) is 11.4. The van der Waals surface area contributed by atoms with E-state index in [0.717, 1.165) is 34.9 Å². The van der Waals surface area contributed by atoms with Crippen LogP contribution >= 0.6 is 0 Å². The maximum absolute atomic E-state index is 13.5. The Kier molecular flexibility index (Phi) is 2.75. The molecule has 0 aromatic heterocycles. The van der Waals surface area contributed by atoms with Crippen molar-refractivity contribution in [1.29, 1.82) is 0 Å². The summed E-state index contributed by atoms with van der Waals surface area (Å²) in [7, 11) is 0. The van der Waals surface area contributed by atoms with E-state index < -0.39 is 0 Å². The molecule has 0 radical (unpaired) electrons. The molecule has 2 aromatic rings. The van der Waals surface area contributed by atoms with E-state index in [2.05, 4.69) is 4.90 Å². The van der Waals surface area contributed by atoms with Gasteiger partial charge in [-0.1, -0.05) is 6.07 Å². The Morgan fingerprint density at radius 1 is 1.14 bits per heavy atom. The minimum absolute atomic E-state index is 0.0175. The number of anilines is 1. The normalized spacial score (nSPS) is 19.0. The summed E-state index contributed by atoms with van der Waals surface area (Å²) in [6.07, 6.45) is 0. The smallest absolute Gasteiger partial charge is 0.231 e. The maximum atomic E-state index is 13.5. The van der Waals surface area contributed by atoms with Crippen LogP contribution < -0.4 is 20.1 Å². The van der Waals surface area contributed by atoms with Gasteiger partial charge in [0, 0.05) is 24.8 Å². The number of halogens is 1. The molecule has 2 N–H and O–H groups in total. The maximum Gasteiger partial charge on any atom is 0.231 e. The predicted octanol–water partition coefficient (Wildman–Crippen LogP) is 2.57. The summed E-state index contributed by atoms with van der Waals surface area (Å²) in [5.74, 6) is 1.27. The van der Waals surface area contributed by atoms with Crippen LogP contribution in [0, 0.1) is 5.82 Å². The lowest BCUT2D eigenvalue weighted by molar-refractivity contribution is 0.174. The van der Waals surface area contributed by atoms with E-state index in [-0.39, 0.29) is 18.7 Å². The number of nitrogens with two attached hydrogens (primary N) is 1. The molecule has 2 aliphatic rings. The van der Waals surface area contributed by atoms with Gasteiger partial charge in [0.2, 0.25) is 6.79 Å². The molecule has 4 nitrogen and oxygen atoms in total. The van der Waals surface area contributed by atoms with E-state index in [1.165, 1.54) is 6.07 Å². The fourth-order valence-electron chi connectivity index (χ4n) is 3.07. The van der Waals surface area contributed by atoms with Gasteiger partial charge in [0.25, 0.3) is 0 Å². The first-order valence-corrected chi connectivity index (χ1v) is 6.91. The number of benzene rings is 2. The lowest BCUT2D eigenvalue weighted by Crippen LogP contribution is -2.27. The first-order valence-electron chi connectivity index (χ1n) is 6.91. The van der Waals surface area contributed by atoms with Gasteiger partial charge in [-0.25, -0.2) is 4.39 Å². The van der Waals surface area contributed by atoms with Crippen LogP contribution in [-0.2, 0) is 6.54 Å². The molecule has 0 spiro atoms. The molecule has 0 bridgehead atoms. The topological polar surface area (TPSA) is 47.7 Å². The van der Waals surface area contributed by atoms with Crippen LogP contribution in [0.3, 0.4) is 0 Å². The van der Waals surface area contributed by atoms with E-state index in [9.17, 15) is 4.39 Å². The van der Waals surface area contributed by atoms with Gasteiger partial charge in [0.1, 0.15) is 5.82 Å². The molecule has 21 heavy (non-hydrogen) atoms. The summed E-state index contributed by atoms with van der Waals surface area (Å²) in [5.41, 5.74) is 9.01. The lowest BCUT2D eigenvalue weighted by atomic mass is 10.0. The molecule has 0 amide bonds. The average molecular weight is 286 g/mol. The predicted molar refractivity (Wildman–Crippen MR) is 76.9 cm³/mol. The largest absolute Gasteiger partial charge is 0.454 e. The van der Waals surface area contributed by atoms with Crippen molar-refractivity contribution in [3.63, 3.8) is 0 Å².